The average molecular weight is 286 g/mol. The van der Waals surface area contributed by atoms with Crippen molar-refractivity contribution in [2.45, 2.75) is 17.9 Å². The molecule has 2 aromatic rings. The number of carbonyl (C=O) groups is 1. The van der Waals surface area contributed by atoms with E-state index in [-0.39, 0.29) is 11.9 Å². The molecule has 0 saturated carbocycles. The van der Waals surface area contributed by atoms with Crippen molar-refractivity contribution >= 4 is 17.1 Å². The van der Waals surface area contributed by atoms with E-state index >= 15 is 0 Å². The van der Waals surface area contributed by atoms with Crippen LogP contribution >= 0.6 is 0 Å². The van der Waals surface area contributed by atoms with Crippen molar-refractivity contribution in [3.63, 3.8) is 0 Å². The second-order valence-corrected chi connectivity index (χ2v) is 6.26. The molecule has 2 atom stereocenters. The van der Waals surface area contributed by atoms with Crippen LogP contribution in [0.15, 0.2) is 47.6 Å². The fourth-order valence-electron chi connectivity index (χ4n) is 2.47. The fraction of sp³-hybridized carbons (Fsp3) is 0.200. The number of pyridine rings is 1. The van der Waals surface area contributed by atoms with E-state index in [4.69, 9.17) is 0 Å². The average Bonchev–Trinajstić information content (AvgIpc) is 2.85. The summed E-state index contributed by atoms with van der Waals surface area (Å²) >= 11 is -1.14. The van der Waals surface area contributed by atoms with Crippen LogP contribution in [0.4, 0.5) is 0 Å². The summed E-state index contributed by atoms with van der Waals surface area (Å²) in [6.07, 6.45) is 3.44. The van der Waals surface area contributed by atoms with E-state index in [0.29, 0.717) is 16.2 Å². The molecule has 1 aliphatic rings. The number of fused-ring (bicyclic) bond motifs is 1. The molecule has 2 heterocycles. The van der Waals surface area contributed by atoms with Crippen LogP contribution in [-0.2, 0) is 11.2 Å². The van der Waals surface area contributed by atoms with Crippen molar-refractivity contribution < 1.29 is 9.35 Å². The summed E-state index contributed by atoms with van der Waals surface area (Å²) in [5.74, 6) is 0.340. The highest BCUT2D eigenvalue weighted by molar-refractivity contribution is 7.91. The van der Waals surface area contributed by atoms with Crippen molar-refractivity contribution in [2.75, 3.05) is 5.75 Å². The van der Waals surface area contributed by atoms with Crippen LogP contribution < -0.4 is 5.32 Å². The number of nitrogens with one attached hydrogen (secondary N) is 1. The zero-order valence-corrected chi connectivity index (χ0v) is 11.8. The smallest absolute Gasteiger partial charge is 0.257 e. The molecule has 0 saturated heterocycles. The van der Waals surface area contributed by atoms with E-state index in [2.05, 4.69) is 10.3 Å². The lowest BCUT2D eigenvalue weighted by atomic mass is 10.00. The van der Waals surface area contributed by atoms with Crippen molar-refractivity contribution in [3.05, 3.63) is 59.4 Å². The highest BCUT2D eigenvalue weighted by Gasteiger charge is 2.35. The first-order valence-electron chi connectivity index (χ1n) is 6.44. The second-order valence-electron chi connectivity index (χ2n) is 4.55. The Labute approximate surface area is 120 Å². The number of rotatable bonds is 3. The van der Waals surface area contributed by atoms with Gasteiger partial charge in [-0.3, -0.25) is 9.78 Å². The maximum absolute atomic E-state index is 12.2. The molecule has 1 N–H and O–H groups in total. The Bertz CT molecular complexity index is 646. The molecule has 0 bridgehead atoms. The van der Waals surface area contributed by atoms with Gasteiger partial charge in [-0.1, -0.05) is 18.2 Å². The Morgan fingerprint density at radius 3 is 2.90 bits per heavy atom. The van der Waals surface area contributed by atoms with Crippen LogP contribution in [-0.4, -0.2) is 21.2 Å². The molecule has 20 heavy (non-hydrogen) atoms. The summed E-state index contributed by atoms with van der Waals surface area (Å²) in [4.78, 5) is 16.9. The molecule has 0 aliphatic carbocycles. The van der Waals surface area contributed by atoms with Crippen molar-refractivity contribution in [3.8, 4) is 0 Å². The molecular weight excluding hydrogens is 272 g/mol. The zero-order chi connectivity index (χ0) is 14.1. The molecule has 0 radical (unpaired) electrons. The van der Waals surface area contributed by atoms with Crippen molar-refractivity contribution in [2.24, 2.45) is 0 Å². The molecule has 2 unspecified atom stereocenters. The van der Waals surface area contributed by atoms with Crippen molar-refractivity contribution in [1.82, 2.24) is 10.3 Å². The summed E-state index contributed by atoms with van der Waals surface area (Å²) in [6.45, 7) is 1.85. The minimum Gasteiger partial charge on any atom is -0.611 e. The first kappa shape index (κ1) is 13.1. The Morgan fingerprint density at radius 2 is 2.20 bits per heavy atom. The van der Waals surface area contributed by atoms with Gasteiger partial charge in [0.1, 0.15) is 5.75 Å². The van der Waals surface area contributed by atoms with Crippen molar-refractivity contribution in [1.29, 1.82) is 0 Å². The maximum Gasteiger partial charge on any atom is 0.257 e. The van der Waals surface area contributed by atoms with Gasteiger partial charge in [-0.05, 0) is 41.4 Å². The second kappa shape index (κ2) is 5.26. The predicted molar refractivity (Wildman–Crippen MR) is 76.9 cm³/mol. The topological polar surface area (TPSA) is 65.0 Å². The van der Waals surface area contributed by atoms with Gasteiger partial charge in [0.2, 0.25) is 0 Å². The molecule has 3 rings (SSSR count). The van der Waals surface area contributed by atoms with Gasteiger partial charge in [0, 0.05) is 12.4 Å². The number of nitrogens with zero attached hydrogens (tertiary/aromatic N) is 1. The van der Waals surface area contributed by atoms with Crippen LogP contribution in [0.3, 0.4) is 0 Å². The van der Waals surface area contributed by atoms with Gasteiger partial charge < -0.3 is 9.87 Å². The fourth-order valence-corrected chi connectivity index (χ4v) is 3.45. The number of hydrogen-bond acceptors (Lipinski definition) is 3. The zero-order valence-electron chi connectivity index (χ0n) is 11.0. The van der Waals surface area contributed by atoms with E-state index in [1.54, 1.807) is 18.5 Å². The summed E-state index contributed by atoms with van der Waals surface area (Å²) in [5, 5.41) is 2.94. The van der Waals surface area contributed by atoms with Crippen LogP contribution in [0.5, 0.6) is 0 Å². The highest BCUT2D eigenvalue weighted by Crippen LogP contribution is 2.34. The third-order valence-electron chi connectivity index (χ3n) is 3.40. The van der Waals surface area contributed by atoms with Gasteiger partial charge in [-0.25, -0.2) is 0 Å². The van der Waals surface area contributed by atoms with E-state index in [0.717, 1.165) is 11.1 Å². The normalized spacial score (nSPS) is 18.5. The number of hydrogen-bond donors (Lipinski definition) is 1. The molecule has 0 spiro atoms. The van der Waals surface area contributed by atoms with Gasteiger partial charge >= 0.3 is 0 Å². The Morgan fingerprint density at radius 1 is 1.35 bits per heavy atom. The lowest BCUT2D eigenvalue weighted by molar-refractivity contribution is 0.0958. The number of carbonyl (C=O) groups excluding carboxylic acids is 1. The van der Waals surface area contributed by atoms with Gasteiger partial charge in [0.25, 0.3) is 5.91 Å². The summed E-state index contributed by atoms with van der Waals surface area (Å²) in [7, 11) is 0. The molecule has 1 amide bonds. The quantitative estimate of drug-likeness (QED) is 0.878. The predicted octanol–water partition coefficient (Wildman–Crippen LogP) is 2.04. The summed E-state index contributed by atoms with van der Waals surface area (Å²) in [5.41, 5.74) is 2.36. The van der Waals surface area contributed by atoms with Gasteiger partial charge in [0.05, 0.1) is 11.6 Å². The maximum atomic E-state index is 12.2. The minimum absolute atomic E-state index is 0.161. The molecule has 1 aliphatic heterocycles. The molecule has 102 valence electrons. The van der Waals surface area contributed by atoms with Crippen LogP contribution in [0, 0.1) is 0 Å². The number of benzene rings is 1. The van der Waals surface area contributed by atoms with E-state index in [9.17, 15) is 9.35 Å². The summed E-state index contributed by atoms with van der Waals surface area (Å²) < 4.78 is 12.1. The number of aromatic nitrogens is 1. The lowest BCUT2D eigenvalue weighted by Gasteiger charge is -2.12. The van der Waals surface area contributed by atoms with E-state index < -0.39 is 11.2 Å². The van der Waals surface area contributed by atoms with E-state index in [1.807, 2.05) is 31.2 Å². The first-order chi connectivity index (χ1) is 9.72. The van der Waals surface area contributed by atoms with Crippen LogP contribution in [0.2, 0.25) is 0 Å². The van der Waals surface area contributed by atoms with Crippen LogP contribution in [0.25, 0.3) is 0 Å². The lowest BCUT2D eigenvalue weighted by Crippen LogP contribution is -2.20. The standard InChI is InChI=1S/C15H14N2O2S/c1-2-20(19)12-7-3-6-11-13(12)15(18)17-14(11)10-5-4-8-16-9-10/h3-9,14H,2H2,1H3,(H,17,18). The molecule has 0 fully saturated rings. The third kappa shape index (κ3) is 2.09. The molecular formula is C15H14N2O2S. The summed E-state index contributed by atoms with van der Waals surface area (Å²) in [6, 6.07) is 9.08. The highest BCUT2D eigenvalue weighted by atomic mass is 32.2. The Balaban J connectivity index is 2.11. The minimum atomic E-state index is -1.14. The molecule has 5 heteroatoms. The SMILES string of the molecule is CC[S+]([O-])c1cccc2c1C(=O)NC2c1cccnc1. The van der Waals surface area contributed by atoms with Gasteiger partial charge in [-0.2, -0.15) is 0 Å². The van der Waals surface area contributed by atoms with Gasteiger partial charge in [0.15, 0.2) is 4.90 Å². The Hall–Kier alpha value is -1.85. The monoisotopic (exact) mass is 286 g/mol. The molecule has 1 aromatic carbocycles. The van der Waals surface area contributed by atoms with Gasteiger partial charge in [-0.15, -0.1) is 0 Å². The van der Waals surface area contributed by atoms with Crippen LogP contribution in [0.1, 0.15) is 34.5 Å². The Kier molecular flexibility index (Phi) is 3.46. The number of amides is 1. The van der Waals surface area contributed by atoms with E-state index in [1.165, 1.54) is 0 Å². The molecule has 1 aromatic heterocycles. The largest absolute Gasteiger partial charge is 0.611 e. The molecule has 4 nitrogen and oxygen atoms in total. The first-order valence-corrected chi connectivity index (χ1v) is 7.76. The third-order valence-corrected chi connectivity index (χ3v) is 4.75.